The number of ether oxygens (including phenoxy) is 2. The number of methoxy groups -OCH3 is 2. The van der Waals surface area contributed by atoms with E-state index in [1.54, 1.807) is 24.3 Å². The van der Waals surface area contributed by atoms with Gasteiger partial charge < -0.3 is 20.9 Å². The molecule has 0 spiro atoms. The van der Waals surface area contributed by atoms with Crippen LogP contribution in [0, 0.1) is 0 Å². The quantitative estimate of drug-likeness (QED) is 0.631. The summed E-state index contributed by atoms with van der Waals surface area (Å²) < 4.78 is 9.61. The smallest absolute Gasteiger partial charge is 0.337 e. The van der Waals surface area contributed by atoms with Gasteiger partial charge in [-0.2, -0.15) is 0 Å². The highest BCUT2D eigenvalue weighted by atomic mass is 16.5. The molecule has 7 heteroatoms. The Hall–Kier alpha value is -2.93. The molecular weight excluding hydrogens is 298 g/mol. The lowest BCUT2D eigenvalue weighted by Gasteiger charge is -2.13. The van der Waals surface area contributed by atoms with E-state index in [2.05, 4.69) is 9.72 Å². The van der Waals surface area contributed by atoms with Crippen LogP contribution in [0.25, 0.3) is 0 Å². The third-order valence-corrected chi connectivity index (χ3v) is 3.36. The van der Waals surface area contributed by atoms with Crippen molar-refractivity contribution < 1.29 is 19.1 Å². The van der Waals surface area contributed by atoms with Crippen molar-refractivity contribution in [2.45, 2.75) is 6.04 Å². The number of rotatable bonds is 5. The minimum atomic E-state index is -0.920. The Labute approximate surface area is 133 Å². The molecule has 0 fully saturated rings. The van der Waals surface area contributed by atoms with Gasteiger partial charge >= 0.3 is 5.97 Å². The monoisotopic (exact) mass is 315 g/mol. The lowest BCUT2D eigenvalue weighted by atomic mass is 9.97. The number of hydrogen-bond donors (Lipinski definition) is 2. The molecule has 0 amide bonds. The largest absolute Gasteiger partial charge is 0.481 e. The fraction of sp³-hybridized carbons (Fsp3) is 0.188. The number of pyridine rings is 1. The van der Waals surface area contributed by atoms with Gasteiger partial charge in [-0.3, -0.25) is 4.79 Å². The summed E-state index contributed by atoms with van der Waals surface area (Å²) in [7, 11) is 2.74. The Kier molecular flexibility index (Phi) is 4.92. The number of nitrogen functional groups attached to an aromatic ring is 1. The van der Waals surface area contributed by atoms with Gasteiger partial charge in [-0.1, -0.05) is 12.1 Å². The molecule has 0 aliphatic heterocycles. The van der Waals surface area contributed by atoms with Crippen LogP contribution in [0.4, 0.5) is 5.69 Å². The molecule has 2 aromatic rings. The first-order valence-electron chi connectivity index (χ1n) is 6.75. The molecule has 1 aromatic heterocycles. The minimum Gasteiger partial charge on any atom is -0.481 e. The minimum absolute atomic E-state index is 0.220. The number of carbonyl (C=O) groups is 2. The SMILES string of the molecule is COC(=O)c1ccc(C(N)C(=O)c2cc(OC)ncc2N)cc1. The van der Waals surface area contributed by atoms with Gasteiger partial charge in [-0.25, -0.2) is 9.78 Å². The lowest BCUT2D eigenvalue weighted by molar-refractivity contribution is 0.0600. The summed E-state index contributed by atoms with van der Waals surface area (Å²) in [5, 5.41) is 0. The number of anilines is 1. The first-order valence-corrected chi connectivity index (χ1v) is 6.75. The molecule has 0 bridgehead atoms. The Balaban J connectivity index is 2.27. The average molecular weight is 315 g/mol. The third-order valence-electron chi connectivity index (χ3n) is 3.36. The molecule has 4 N–H and O–H groups in total. The molecule has 120 valence electrons. The number of benzene rings is 1. The molecule has 0 saturated heterocycles. The number of nitrogens with two attached hydrogens (primary N) is 2. The zero-order valence-corrected chi connectivity index (χ0v) is 12.8. The summed E-state index contributed by atoms with van der Waals surface area (Å²) in [5.74, 6) is -0.552. The standard InChI is InChI=1S/C16H17N3O4/c1-22-13-7-11(12(17)8-19-13)15(20)14(18)9-3-5-10(6-4-9)16(21)23-2/h3-8,14H,17-18H2,1-2H3. The number of esters is 1. The molecule has 1 heterocycles. The first kappa shape index (κ1) is 16.4. The fourth-order valence-electron chi connectivity index (χ4n) is 2.04. The molecule has 1 aromatic carbocycles. The van der Waals surface area contributed by atoms with Gasteiger partial charge in [0.1, 0.15) is 0 Å². The lowest BCUT2D eigenvalue weighted by Crippen LogP contribution is -2.22. The molecule has 0 aliphatic rings. The van der Waals surface area contributed by atoms with E-state index >= 15 is 0 Å². The summed E-state index contributed by atoms with van der Waals surface area (Å²) in [4.78, 5) is 27.9. The second-order valence-electron chi connectivity index (χ2n) is 4.77. The molecule has 2 rings (SSSR count). The van der Waals surface area contributed by atoms with Crippen LogP contribution >= 0.6 is 0 Å². The third kappa shape index (κ3) is 3.46. The normalized spacial score (nSPS) is 11.6. The Morgan fingerprint density at radius 1 is 1.17 bits per heavy atom. The summed E-state index contributed by atoms with van der Waals surface area (Å²) in [5.41, 5.74) is 13.2. The van der Waals surface area contributed by atoms with Crippen LogP contribution in [-0.4, -0.2) is 31.0 Å². The second kappa shape index (κ2) is 6.89. The van der Waals surface area contributed by atoms with Crippen LogP contribution in [0.15, 0.2) is 36.5 Å². The van der Waals surface area contributed by atoms with Crippen LogP contribution in [-0.2, 0) is 4.74 Å². The van der Waals surface area contributed by atoms with Crippen LogP contribution in [0.3, 0.4) is 0 Å². The van der Waals surface area contributed by atoms with Crippen LogP contribution in [0.1, 0.15) is 32.3 Å². The molecule has 7 nitrogen and oxygen atoms in total. The average Bonchev–Trinajstić information content (AvgIpc) is 2.60. The molecule has 0 saturated carbocycles. The van der Waals surface area contributed by atoms with Crippen molar-refractivity contribution in [2.24, 2.45) is 5.73 Å². The van der Waals surface area contributed by atoms with E-state index in [-0.39, 0.29) is 22.9 Å². The highest BCUT2D eigenvalue weighted by Crippen LogP contribution is 2.23. The zero-order chi connectivity index (χ0) is 17.0. The van der Waals surface area contributed by atoms with Gasteiger partial charge in [-0.05, 0) is 17.7 Å². The first-order chi connectivity index (χ1) is 11.0. The highest BCUT2D eigenvalue weighted by Gasteiger charge is 2.21. The molecule has 23 heavy (non-hydrogen) atoms. The van der Waals surface area contributed by atoms with Crippen molar-refractivity contribution >= 4 is 17.4 Å². The van der Waals surface area contributed by atoms with Crippen molar-refractivity contribution in [3.05, 3.63) is 53.2 Å². The predicted octanol–water partition coefficient (Wildman–Crippen LogP) is 1.34. The molecular formula is C16H17N3O4. The maximum atomic E-state index is 12.5. The van der Waals surface area contributed by atoms with Gasteiger partial charge in [0, 0.05) is 11.6 Å². The molecule has 1 atom stereocenters. The van der Waals surface area contributed by atoms with E-state index in [9.17, 15) is 9.59 Å². The molecule has 0 radical (unpaired) electrons. The molecule has 1 unspecified atom stereocenters. The Morgan fingerprint density at radius 2 is 1.83 bits per heavy atom. The van der Waals surface area contributed by atoms with Crippen molar-refractivity contribution in [2.75, 3.05) is 20.0 Å². The van der Waals surface area contributed by atoms with E-state index in [0.29, 0.717) is 11.1 Å². The number of nitrogens with zero attached hydrogens (tertiary/aromatic N) is 1. The van der Waals surface area contributed by atoms with Gasteiger partial charge in [0.15, 0.2) is 5.78 Å². The van der Waals surface area contributed by atoms with Gasteiger partial charge in [0.25, 0.3) is 0 Å². The highest BCUT2D eigenvalue weighted by molar-refractivity contribution is 6.04. The van der Waals surface area contributed by atoms with E-state index in [4.69, 9.17) is 16.2 Å². The Bertz CT molecular complexity index is 729. The maximum Gasteiger partial charge on any atom is 0.337 e. The number of aromatic nitrogens is 1. The maximum absolute atomic E-state index is 12.5. The predicted molar refractivity (Wildman–Crippen MR) is 84.2 cm³/mol. The van der Waals surface area contributed by atoms with Crippen molar-refractivity contribution in [1.82, 2.24) is 4.98 Å². The second-order valence-corrected chi connectivity index (χ2v) is 4.77. The zero-order valence-electron chi connectivity index (χ0n) is 12.8. The number of carbonyl (C=O) groups excluding carboxylic acids is 2. The van der Waals surface area contributed by atoms with E-state index in [1.165, 1.54) is 26.5 Å². The number of ketones is 1. The van der Waals surface area contributed by atoms with Crippen LogP contribution in [0.2, 0.25) is 0 Å². The van der Waals surface area contributed by atoms with Gasteiger partial charge in [0.2, 0.25) is 5.88 Å². The topological polar surface area (TPSA) is 118 Å². The van der Waals surface area contributed by atoms with Crippen molar-refractivity contribution in [3.8, 4) is 5.88 Å². The number of hydrogen-bond acceptors (Lipinski definition) is 7. The van der Waals surface area contributed by atoms with Crippen LogP contribution in [0.5, 0.6) is 5.88 Å². The van der Waals surface area contributed by atoms with Gasteiger partial charge in [-0.15, -0.1) is 0 Å². The van der Waals surface area contributed by atoms with E-state index in [0.717, 1.165) is 0 Å². The summed E-state index contributed by atoms with van der Waals surface area (Å²) in [6.45, 7) is 0. The van der Waals surface area contributed by atoms with Gasteiger partial charge in [0.05, 0.1) is 37.7 Å². The molecule has 0 aliphatic carbocycles. The summed E-state index contributed by atoms with van der Waals surface area (Å²) in [6.07, 6.45) is 1.35. The number of Topliss-reactive ketones (excluding diaryl/α,β-unsaturated/α-hetero) is 1. The fourth-order valence-corrected chi connectivity index (χ4v) is 2.04. The Morgan fingerprint density at radius 3 is 2.39 bits per heavy atom. The van der Waals surface area contributed by atoms with Crippen molar-refractivity contribution in [1.29, 1.82) is 0 Å². The van der Waals surface area contributed by atoms with E-state index < -0.39 is 12.0 Å². The summed E-state index contributed by atoms with van der Waals surface area (Å²) >= 11 is 0. The van der Waals surface area contributed by atoms with Crippen LogP contribution < -0.4 is 16.2 Å². The van der Waals surface area contributed by atoms with E-state index in [1.807, 2.05) is 0 Å². The van der Waals surface area contributed by atoms with Crippen molar-refractivity contribution in [3.63, 3.8) is 0 Å². The summed E-state index contributed by atoms with van der Waals surface area (Å²) in [6, 6.07) is 6.82.